The quantitative estimate of drug-likeness (QED) is 0.223. The Morgan fingerprint density at radius 3 is 2.58 bits per heavy atom. The number of likely N-dealkylation sites (tertiary alicyclic amines) is 1. The largest absolute Gasteiger partial charge is 0.399 e. The zero-order valence-electron chi connectivity index (χ0n) is 25.8. The molecule has 254 valence electrons. The molecule has 12 nitrogen and oxygen atoms in total. The highest BCUT2D eigenvalue weighted by atomic mass is 32.1. The summed E-state index contributed by atoms with van der Waals surface area (Å²) >= 11 is 0.992. The molecule has 1 aromatic carbocycles. The lowest BCUT2D eigenvalue weighted by atomic mass is 9.90. The van der Waals surface area contributed by atoms with Gasteiger partial charge in [0, 0.05) is 35.1 Å². The summed E-state index contributed by atoms with van der Waals surface area (Å²) in [5.74, 6) is -1.49. The molecule has 2 aromatic heterocycles. The molecule has 0 spiro atoms. The molecule has 4 N–H and O–H groups in total. The van der Waals surface area contributed by atoms with Crippen LogP contribution in [0, 0.1) is 12.5 Å². The van der Waals surface area contributed by atoms with Crippen LogP contribution in [0.25, 0.3) is 14.9 Å². The number of H-pyrrole nitrogens is 1. The predicted molar refractivity (Wildman–Crippen MR) is 172 cm³/mol. The van der Waals surface area contributed by atoms with Crippen molar-refractivity contribution < 1.29 is 37.5 Å². The first kappa shape index (κ1) is 33.9. The number of benzene rings is 1. The lowest BCUT2D eigenvalue weighted by Crippen LogP contribution is -2.57. The fraction of sp³-hybridized carbons (Fsp3) is 0.469. The van der Waals surface area contributed by atoms with Crippen LogP contribution in [0.5, 0.6) is 0 Å². The molecule has 3 aliphatic rings. The van der Waals surface area contributed by atoms with Crippen LogP contribution in [0.1, 0.15) is 65.7 Å². The van der Waals surface area contributed by atoms with E-state index in [2.05, 4.69) is 15.1 Å². The number of alkyl halides is 2. The Hall–Kier alpha value is -3.96. The van der Waals surface area contributed by atoms with Crippen LogP contribution in [0.15, 0.2) is 47.4 Å². The second kappa shape index (κ2) is 12.8. The summed E-state index contributed by atoms with van der Waals surface area (Å²) in [6.45, 7) is 10.2. The summed E-state index contributed by atoms with van der Waals surface area (Å²) in [6.07, 6.45) is 4.32. The van der Waals surface area contributed by atoms with Crippen LogP contribution < -0.4 is 10.9 Å². The summed E-state index contributed by atoms with van der Waals surface area (Å²) < 4.78 is 40.4. The zero-order chi connectivity index (χ0) is 34.5. The van der Waals surface area contributed by atoms with E-state index in [4.69, 9.17) is 16.4 Å². The van der Waals surface area contributed by atoms with Gasteiger partial charge in [-0.2, -0.15) is 8.78 Å². The molecule has 3 fully saturated rings. The number of carbonyl (C=O) groups is 3. The second-order valence-corrected chi connectivity index (χ2v) is 15.6. The number of amides is 3. The number of carbonyl (C=O) groups excluding carboxylic acids is 3. The number of aromatic amines is 1. The molecular weight excluding hydrogens is 667 g/mol. The smallest absolute Gasteiger partial charge is 0.340 e. The summed E-state index contributed by atoms with van der Waals surface area (Å²) in [6, 6.07) is 5.14. The van der Waals surface area contributed by atoms with Gasteiger partial charge in [-0.1, -0.05) is 19.4 Å². The molecule has 3 amide bonds. The second-order valence-electron chi connectivity index (χ2n) is 12.8. The van der Waals surface area contributed by atoms with E-state index in [9.17, 15) is 32.5 Å². The van der Waals surface area contributed by atoms with Crippen molar-refractivity contribution >= 4 is 46.7 Å². The lowest BCUT2D eigenvalue weighted by Gasteiger charge is -2.38. The third kappa shape index (κ3) is 6.18. The average molecular weight is 702 g/mol. The molecule has 0 aliphatic carbocycles. The SMILES string of the molecule is [C-]#[N+][C@@H]1CN(C(=O)[C@@H]2CC[C@@H]3C(C)CCC[C@H](NC(=O)c4cc5cc(C(F)(F)P(=O)(O)O)ccc5s4)C(=O)N32)C[C@H]1c1cc[nH]c(=O)c1. The maximum absolute atomic E-state index is 14.3. The highest BCUT2D eigenvalue weighted by Gasteiger charge is 2.51. The van der Waals surface area contributed by atoms with Crippen LogP contribution in [0.3, 0.4) is 0 Å². The van der Waals surface area contributed by atoms with Crippen LogP contribution in [0.2, 0.25) is 0 Å². The van der Waals surface area contributed by atoms with E-state index >= 15 is 0 Å². The Labute approximate surface area is 278 Å². The van der Waals surface area contributed by atoms with Crippen molar-refractivity contribution in [2.45, 2.75) is 74.8 Å². The van der Waals surface area contributed by atoms with E-state index in [1.165, 1.54) is 24.4 Å². The first-order valence-corrected chi connectivity index (χ1v) is 18.1. The molecule has 16 heteroatoms. The number of thiophene rings is 1. The van der Waals surface area contributed by atoms with E-state index in [-0.39, 0.29) is 58.6 Å². The Bertz CT molecular complexity index is 1920. The van der Waals surface area contributed by atoms with E-state index in [1.807, 2.05) is 6.92 Å². The first-order valence-electron chi connectivity index (χ1n) is 15.6. The minimum Gasteiger partial charge on any atom is -0.340 e. The van der Waals surface area contributed by atoms with Gasteiger partial charge in [-0.15, -0.1) is 11.3 Å². The van der Waals surface area contributed by atoms with Crippen molar-refractivity contribution in [3.05, 3.63) is 80.4 Å². The highest BCUT2D eigenvalue weighted by Crippen LogP contribution is 2.59. The maximum atomic E-state index is 14.3. The van der Waals surface area contributed by atoms with Crippen molar-refractivity contribution in [3.8, 4) is 0 Å². The van der Waals surface area contributed by atoms with Gasteiger partial charge < -0.3 is 34.7 Å². The number of pyridine rings is 1. The summed E-state index contributed by atoms with van der Waals surface area (Å²) in [7, 11) is -5.78. The highest BCUT2D eigenvalue weighted by molar-refractivity contribution is 7.52. The van der Waals surface area contributed by atoms with Gasteiger partial charge in [0.05, 0.1) is 17.3 Å². The van der Waals surface area contributed by atoms with Crippen LogP contribution in [-0.2, 0) is 19.8 Å². The molecule has 6 atom stereocenters. The molecule has 3 saturated heterocycles. The van der Waals surface area contributed by atoms with Gasteiger partial charge in [-0.05, 0) is 66.8 Å². The molecule has 0 saturated carbocycles. The van der Waals surface area contributed by atoms with Gasteiger partial charge >= 0.3 is 13.3 Å². The van der Waals surface area contributed by atoms with Crippen molar-refractivity contribution in [1.82, 2.24) is 20.1 Å². The van der Waals surface area contributed by atoms with Gasteiger partial charge in [0.15, 0.2) is 0 Å². The normalized spacial score (nSPS) is 26.5. The number of nitrogens with zero attached hydrogens (tertiary/aromatic N) is 3. The van der Waals surface area contributed by atoms with Crippen molar-refractivity contribution in [2.75, 3.05) is 13.1 Å². The topological polar surface area (TPSA) is 164 Å². The fourth-order valence-electron chi connectivity index (χ4n) is 7.30. The molecule has 5 heterocycles. The lowest BCUT2D eigenvalue weighted by molar-refractivity contribution is -0.147. The molecule has 1 unspecified atom stereocenters. The van der Waals surface area contributed by atoms with E-state index in [1.54, 1.807) is 15.9 Å². The molecule has 0 bridgehead atoms. The van der Waals surface area contributed by atoms with Crippen molar-refractivity contribution in [3.63, 3.8) is 0 Å². The van der Waals surface area contributed by atoms with Gasteiger partial charge in [0.2, 0.25) is 23.4 Å². The molecule has 48 heavy (non-hydrogen) atoms. The molecule has 0 radical (unpaired) electrons. The minimum absolute atomic E-state index is 0.116. The first-order chi connectivity index (χ1) is 22.7. The van der Waals surface area contributed by atoms with Crippen LogP contribution in [-0.4, -0.2) is 79.5 Å². The van der Waals surface area contributed by atoms with Gasteiger partial charge in [0.25, 0.3) is 5.91 Å². The third-order valence-electron chi connectivity index (χ3n) is 9.83. The van der Waals surface area contributed by atoms with E-state index in [0.717, 1.165) is 29.9 Å². The Balaban J connectivity index is 1.21. The number of nitrogens with one attached hydrogen (secondary N) is 2. The zero-order valence-corrected chi connectivity index (χ0v) is 27.6. The molecular formula is C32H34F2N5O7PS. The number of halogens is 2. The minimum atomic E-state index is -5.78. The summed E-state index contributed by atoms with van der Waals surface area (Å²) in [4.78, 5) is 81.5. The van der Waals surface area contributed by atoms with Crippen molar-refractivity contribution in [1.29, 1.82) is 0 Å². The van der Waals surface area contributed by atoms with Crippen LogP contribution >= 0.6 is 18.9 Å². The monoisotopic (exact) mass is 701 g/mol. The Morgan fingerprint density at radius 1 is 1.10 bits per heavy atom. The average Bonchev–Trinajstić information content (AvgIpc) is 3.79. The van der Waals surface area contributed by atoms with Gasteiger partial charge in [-0.3, -0.25) is 23.7 Å². The Morgan fingerprint density at radius 2 is 1.88 bits per heavy atom. The summed E-state index contributed by atoms with van der Waals surface area (Å²) in [5, 5.41) is 2.99. The van der Waals surface area contributed by atoms with Crippen molar-refractivity contribution in [2.24, 2.45) is 5.92 Å². The maximum Gasteiger partial charge on any atom is 0.399 e. The standard InChI is InChI=1S/C32H34F2N5O7PS/c1-17-4-3-5-22(37-29(41)27-13-19-12-20(6-9-26(19)48-27)32(33,34)47(44,45)46)30(42)39-24(17)7-8-25(39)31(43)38-15-21(23(16-38)35-2)18-10-11-36-28(40)14-18/h6,9-14,17,21-25H,3-5,7-8,15-16H2,1H3,(H,36,40)(H,37,41)(H2,44,45,46)/t17?,21-,22-,23+,24+,25-/m0/s1. The number of rotatable bonds is 6. The molecule has 3 aliphatic heterocycles. The van der Waals surface area contributed by atoms with Gasteiger partial charge in [0.1, 0.15) is 12.1 Å². The van der Waals surface area contributed by atoms with Gasteiger partial charge in [-0.25, -0.2) is 6.57 Å². The molecule has 6 rings (SSSR count). The number of aromatic nitrogens is 1. The Kier molecular flexibility index (Phi) is 9.06. The fourth-order valence-corrected chi connectivity index (χ4v) is 8.72. The third-order valence-corrected chi connectivity index (χ3v) is 11.9. The molecule has 3 aromatic rings. The van der Waals surface area contributed by atoms with E-state index < -0.39 is 42.9 Å². The number of fused-ring (bicyclic) bond motifs is 2. The number of hydrogen-bond acceptors (Lipinski definition) is 6. The van der Waals surface area contributed by atoms with Crippen LogP contribution in [0.4, 0.5) is 8.78 Å². The number of hydrogen-bond donors (Lipinski definition) is 4. The summed E-state index contributed by atoms with van der Waals surface area (Å²) in [5.41, 5.74) is -4.90. The predicted octanol–water partition coefficient (Wildman–Crippen LogP) is 4.01. The van der Waals surface area contributed by atoms with E-state index in [0.29, 0.717) is 35.9 Å².